The van der Waals surface area contributed by atoms with Crippen LogP contribution in [-0.4, -0.2) is 15.8 Å². The van der Waals surface area contributed by atoms with Gasteiger partial charge in [-0.05, 0) is 26.0 Å². The summed E-state index contributed by atoms with van der Waals surface area (Å²) < 4.78 is 0. The predicted octanol–water partition coefficient (Wildman–Crippen LogP) is 3.25. The van der Waals surface area contributed by atoms with Crippen LogP contribution in [0.3, 0.4) is 0 Å². The lowest BCUT2D eigenvalue weighted by Crippen LogP contribution is -2.22. The Hall–Kier alpha value is -1.99. The van der Waals surface area contributed by atoms with Gasteiger partial charge in [0.15, 0.2) is 0 Å². The molecule has 1 aromatic heterocycles. The molecule has 0 spiro atoms. The number of nitro groups is 1. The minimum Gasteiger partial charge on any atom is -0.346 e. The van der Waals surface area contributed by atoms with Crippen LogP contribution in [0.2, 0.25) is 5.02 Å². The highest BCUT2D eigenvalue weighted by atomic mass is 35.5. The Labute approximate surface area is 129 Å². The fourth-order valence-corrected chi connectivity index (χ4v) is 2.79. The van der Waals surface area contributed by atoms with Gasteiger partial charge in [-0.3, -0.25) is 14.9 Å². The zero-order valence-corrected chi connectivity index (χ0v) is 12.9. The molecular formula is C13H12ClN3O3S. The number of nitrogens with one attached hydrogen (secondary N) is 1. The van der Waals surface area contributed by atoms with Crippen LogP contribution in [0.4, 0.5) is 5.69 Å². The summed E-state index contributed by atoms with van der Waals surface area (Å²) in [4.78, 5) is 27.5. The van der Waals surface area contributed by atoms with Crippen LogP contribution in [0.25, 0.3) is 0 Å². The zero-order valence-electron chi connectivity index (χ0n) is 11.3. The van der Waals surface area contributed by atoms with Gasteiger partial charge in [-0.2, -0.15) is 0 Å². The van der Waals surface area contributed by atoms with Gasteiger partial charge >= 0.3 is 0 Å². The Morgan fingerprint density at radius 2 is 2.19 bits per heavy atom. The number of carbonyl (C=O) groups excluding carboxylic acids is 1. The first-order chi connectivity index (χ1) is 9.88. The second-order valence-electron chi connectivity index (χ2n) is 4.36. The molecule has 0 aliphatic rings. The first-order valence-electron chi connectivity index (χ1n) is 6.03. The molecular weight excluding hydrogens is 314 g/mol. The van der Waals surface area contributed by atoms with E-state index in [0.717, 1.165) is 15.6 Å². The third-order valence-electron chi connectivity index (χ3n) is 2.88. The van der Waals surface area contributed by atoms with E-state index in [1.165, 1.54) is 29.5 Å². The first kappa shape index (κ1) is 15.4. The highest BCUT2D eigenvalue weighted by Gasteiger charge is 2.15. The molecule has 0 atom stereocenters. The number of aryl methyl sites for hydroxylation is 2. The number of rotatable bonds is 4. The summed E-state index contributed by atoms with van der Waals surface area (Å²) in [7, 11) is 0. The van der Waals surface area contributed by atoms with E-state index in [0.29, 0.717) is 6.54 Å². The van der Waals surface area contributed by atoms with Crippen molar-refractivity contribution in [3.05, 3.63) is 54.5 Å². The molecule has 0 saturated heterocycles. The van der Waals surface area contributed by atoms with E-state index < -0.39 is 4.92 Å². The molecule has 0 saturated carbocycles. The number of hydrogen-bond donors (Lipinski definition) is 1. The van der Waals surface area contributed by atoms with E-state index in [4.69, 9.17) is 11.6 Å². The molecule has 1 heterocycles. The fourth-order valence-electron chi connectivity index (χ4n) is 1.67. The maximum Gasteiger partial charge on any atom is 0.287 e. The van der Waals surface area contributed by atoms with E-state index in [9.17, 15) is 14.9 Å². The van der Waals surface area contributed by atoms with Gasteiger partial charge in [0.05, 0.1) is 17.2 Å². The Morgan fingerprint density at radius 1 is 1.48 bits per heavy atom. The van der Waals surface area contributed by atoms with Crippen molar-refractivity contribution >= 4 is 34.5 Å². The molecule has 8 heteroatoms. The fraction of sp³-hybridized carbons (Fsp3) is 0.231. The third kappa shape index (κ3) is 3.56. The molecule has 110 valence electrons. The molecule has 0 fully saturated rings. The minimum absolute atomic E-state index is 0.0615. The SMILES string of the molecule is Cc1nc(CNC(=O)c2ccc([N+](=O)[O-])c(Cl)c2)sc1C. The number of aromatic nitrogens is 1. The molecule has 0 unspecified atom stereocenters. The van der Waals surface area contributed by atoms with Crippen molar-refractivity contribution in [3.8, 4) is 0 Å². The third-order valence-corrected chi connectivity index (χ3v) is 4.26. The highest BCUT2D eigenvalue weighted by molar-refractivity contribution is 7.11. The van der Waals surface area contributed by atoms with Crippen LogP contribution in [0, 0.1) is 24.0 Å². The largest absolute Gasteiger partial charge is 0.346 e. The van der Waals surface area contributed by atoms with Crippen molar-refractivity contribution in [2.45, 2.75) is 20.4 Å². The summed E-state index contributed by atoms with van der Waals surface area (Å²) in [5, 5.41) is 14.1. The molecule has 0 aliphatic heterocycles. The molecule has 0 bridgehead atoms. The Bertz CT molecular complexity index is 695. The van der Waals surface area contributed by atoms with Crippen LogP contribution >= 0.6 is 22.9 Å². The Balaban J connectivity index is 2.06. The first-order valence-corrected chi connectivity index (χ1v) is 7.23. The maximum absolute atomic E-state index is 12.0. The van der Waals surface area contributed by atoms with Crippen molar-refractivity contribution < 1.29 is 9.72 Å². The summed E-state index contributed by atoms with van der Waals surface area (Å²) in [5.74, 6) is -0.350. The molecule has 1 aromatic carbocycles. The van der Waals surface area contributed by atoms with Gasteiger partial charge in [-0.1, -0.05) is 11.6 Å². The van der Waals surface area contributed by atoms with Crippen LogP contribution in [0.5, 0.6) is 0 Å². The Kier molecular flexibility index (Phi) is 4.54. The zero-order chi connectivity index (χ0) is 15.6. The average Bonchev–Trinajstić information content (AvgIpc) is 2.74. The van der Waals surface area contributed by atoms with Gasteiger partial charge in [-0.25, -0.2) is 4.98 Å². The molecule has 1 amide bonds. The van der Waals surface area contributed by atoms with Gasteiger partial charge in [0, 0.05) is 16.5 Å². The van der Waals surface area contributed by atoms with Gasteiger partial charge < -0.3 is 5.32 Å². The number of carbonyl (C=O) groups is 1. The topological polar surface area (TPSA) is 85.1 Å². The molecule has 1 N–H and O–H groups in total. The number of halogens is 1. The van der Waals surface area contributed by atoms with Gasteiger partial charge in [0.2, 0.25) is 0 Å². The summed E-state index contributed by atoms with van der Waals surface area (Å²) in [5.41, 5.74) is 0.998. The number of nitrogens with zero attached hydrogens (tertiary/aromatic N) is 2. The van der Waals surface area contributed by atoms with Crippen molar-refractivity contribution in [1.29, 1.82) is 0 Å². The highest BCUT2D eigenvalue weighted by Crippen LogP contribution is 2.25. The van der Waals surface area contributed by atoms with Crippen molar-refractivity contribution in [3.63, 3.8) is 0 Å². The van der Waals surface area contributed by atoms with Gasteiger partial charge in [0.25, 0.3) is 11.6 Å². The smallest absolute Gasteiger partial charge is 0.287 e. The number of nitro benzene ring substituents is 1. The molecule has 21 heavy (non-hydrogen) atoms. The lowest BCUT2D eigenvalue weighted by atomic mass is 10.2. The van der Waals surface area contributed by atoms with E-state index in [1.807, 2.05) is 13.8 Å². The van der Waals surface area contributed by atoms with E-state index >= 15 is 0 Å². The van der Waals surface area contributed by atoms with E-state index in [-0.39, 0.29) is 22.2 Å². The molecule has 0 radical (unpaired) electrons. The summed E-state index contributed by atoms with van der Waals surface area (Å²) in [6, 6.07) is 3.88. The maximum atomic E-state index is 12.0. The van der Waals surface area contributed by atoms with Crippen LogP contribution in [0.1, 0.15) is 25.9 Å². The van der Waals surface area contributed by atoms with Crippen molar-refractivity contribution in [2.24, 2.45) is 0 Å². The van der Waals surface area contributed by atoms with Gasteiger partial charge in [0.1, 0.15) is 10.0 Å². The van der Waals surface area contributed by atoms with Crippen LogP contribution in [0.15, 0.2) is 18.2 Å². The second-order valence-corrected chi connectivity index (χ2v) is 6.05. The summed E-state index contributed by atoms with van der Waals surface area (Å²) >= 11 is 7.30. The number of hydrogen-bond acceptors (Lipinski definition) is 5. The quantitative estimate of drug-likeness (QED) is 0.690. The number of thiazole rings is 1. The molecule has 2 aromatic rings. The standard InChI is InChI=1S/C13H12ClN3O3S/c1-7-8(2)21-12(16-7)6-15-13(18)9-3-4-11(17(19)20)10(14)5-9/h3-5H,6H2,1-2H3,(H,15,18). The van der Waals surface area contributed by atoms with E-state index in [1.54, 1.807) is 0 Å². The lowest BCUT2D eigenvalue weighted by Gasteiger charge is -2.04. The number of benzene rings is 1. The van der Waals surface area contributed by atoms with E-state index in [2.05, 4.69) is 10.3 Å². The second kappa shape index (κ2) is 6.19. The molecule has 2 rings (SSSR count). The number of amides is 1. The predicted molar refractivity (Wildman–Crippen MR) is 80.9 cm³/mol. The monoisotopic (exact) mass is 325 g/mol. The van der Waals surface area contributed by atoms with Gasteiger partial charge in [-0.15, -0.1) is 11.3 Å². The lowest BCUT2D eigenvalue weighted by molar-refractivity contribution is -0.384. The average molecular weight is 326 g/mol. The molecule has 0 aliphatic carbocycles. The molecule has 6 nitrogen and oxygen atoms in total. The van der Waals surface area contributed by atoms with Crippen molar-refractivity contribution in [2.75, 3.05) is 0 Å². The normalized spacial score (nSPS) is 10.4. The Morgan fingerprint density at radius 3 is 2.71 bits per heavy atom. The van der Waals surface area contributed by atoms with Crippen molar-refractivity contribution in [1.82, 2.24) is 10.3 Å². The summed E-state index contributed by atoms with van der Waals surface area (Å²) in [6.07, 6.45) is 0. The summed E-state index contributed by atoms with van der Waals surface area (Å²) in [6.45, 7) is 4.19. The van der Waals surface area contributed by atoms with Crippen LogP contribution < -0.4 is 5.32 Å². The van der Waals surface area contributed by atoms with Crippen LogP contribution in [-0.2, 0) is 6.54 Å². The minimum atomic E-state index is -0.592.